The fraction of sp³-hybridized carbons (Fsp3) is 0.174. The Morgan fingerprint density at radius 1 is 0.926 bits per heavy atom. The SMILES string of the molecule is CCOc1cc(C=Nc2ccccc2C)ccc1OCc1cccc(F)c1. The number of hydrogen-bond donors (Lipinski definition) is 0. The second-order valence-electron chi connectivity index (χ2n) is 6.10. The van der Waals surface area contributed by atoms with Crippen molar-refractivity contribution >= 4 is 11.9 Å². The summed E-state index contributed by atoms with van der Waals surface area (Å²) in [6.45, 7) is 4.75. The van der Waals surface area contributed by atoms with Gasteiger partial charge in [-0.05, 0) is 66.9 Å². The Kier molecular flexibility index (Phi) is 6.21. The number of nitrogens with zero attached hydrogens (tertiary/aromatic N) is 1. The van der Waals surface area contributed by atoms with Gasteiger partial charge in [-0.15, -0.1) is 0 Å². The second kappa shape index (κ2) is 8.99. The number of halogens is 1. The summed E-state index contributed by atoms with van der Waals surface area (Å²) in [6, 6.07) is 20.0. The molecule has 0 heterocycles. The van der Waals surface area contributed by atoms with Crippen LogP contribution in [0.3, 0.4) is 0 Å². The lowest BCUT2D eigenvalue weighted by molar-refractivity contribution is 0.269. The second-order valence-corrected chi connectivity index (χ2v) is 6.10. The van der Waals surface area contributed by atoms with Gasteiger partial charge in [-0.3, -0.25) is 4.99 Å². The molecule has 0 radical (unpaired) electrons. The summed E-state index contributed by atoms with van der Waals surface area (Å²) in [4.78, 5) is 4.55. The molecule has 0 N–H and O–H groups in total. The molecule has 3 nitrogen and oxygen atoms in total. The van der Waals surface area contributed by atoms with Gasteiger partial charge in [-0.2, -0.15) is 0 Å². The van der Waals surface area contributed by atoms with E-state index in [-0.39, 0.29) is 12.4 Å². The Morgan fingerprint density at radius 2 is 1.78 bits per heavy atom. The van der Waals surface area contributed by atoms with Crippen LogP contribution in [0, 0.1) is 12.7 Å². The van der Waals surface area contributed by atoms with Gasteiger partial charge in [0.25, 0.3) is 0 Å². The molecule has 0 aromatic heterocycles. The highest BCUT2D eigenvalue weighted by Gasteiger charge is 2.07. The molecule has 0 fully saturated rings. The maximum absolute atomic E-state index is 13.3. The van der Waals surface area contributed by atoms with Gasteiger partial charge in [0.1, 0.15) is 12.4 Å². The third-order valence-electron chi connectivity index (χ3n) is 4.02. The smallest absolute Gasteiger partial charge is 0.161 e. The maximum atomic E-state index is 13.3. The van der Waals surface area contributed by atoms with Gasteiger partial charge in [-0.25, -0.2) is 4.39 Å². The van der Waals surface area contributed by atoms with E-state index in [0.717, 1.165) is 22.4 Å². The van der Waals surface area contributed by atoms with Crippen molar-refractivity contribution in [3.63, 3.8) is 0 Å². The lowest BCUT2D eigenvalue weighted by Crippen LogP contribution is -2.00. The molecule has 3 rings (SSSR count). The van der Waals surface area contributed by atoms with Crippen molar-refractivity contribution in [2.24, 2.45) is 4.99 Å². The Labute approximate surface area is 159 Å². The van der Waals surface area contributed by atoms with Crippen LogP contribution in [0.2, 0.25) is 0 Å². The third-order valence-corrected chi connectivity index (χ3v) is 4.02. The monoisotopic (exact) mass is 363 g/mol. The van der Waals surface area contributed by atoms with Crippen molar-refractivity contribution in [1.29, 1.82) is 0 Å². The Hall–Kier alpha value is -3.14. The van der Waals surface area contributed by atoms with E-state index in [1.54, 1.807) is 12.3 Å². The molecule has 0 bridgehead atoms. The summed E-state index contributed by atoms with van der Waals surface area (Å²) in [6.07, 6.45) is 1.81. The van der Waals surface area contributed by atoms with Crippen molar-refractivity contribution in [3.8, 4) is 11.5 Å². The summed E-state index contributed by atoms with van der Waals surface area (Å²) in [5.41, 5.74) is 3.73. The summed E-state index contributed by atoms with van der Waals surface area (Å²) in [5, 5.41) is 0. The van der Waals surface area contributed by atoms with Crippen LogP contribution in [-0.4, -0.2) is 12.8 Å². The maximum Gasteiger partial charge on any atom is 0.161 e. The predicted molar refractivity (Wildman–Crippen MR) is 107 cm³/mol. The van der Waals surface area contributed by atoms with Gasteiger partial charge < -0.3 is 9.47 Å². The van der Waals surface area contributed by atoms with Crippen molar-refractivity contribution in [3.05, 3.63) is 89.2 Å². The molecule has 3 aromatic carbocycles. The van der Waals surface area contributed by atoms with E-state index >= 15 is 0 Å². The minimum Gasteiger partial charge on any atom is -0.490 e. The fourth-order valence-electron chi connectivity index (χ4n) is 2.63. The van der Waals surface area contributed by atoms with E-state index in [4.69, 9.17) is 9.47 Å². The standard InChI is InChI=1S/C23H22FNO2/c1-3-26-23-14-18(15-25-21-10-5-4-7-17(21)2)11-12-22(23)27-16-19-8-6-9-20(24)13-19/h4-15H,3,16H2,1-2H3. The summed E-state index contributed by atoms with van der Waals surface area (Å²) in [5.74, 6) is 0.987. The van der Waals surface area contributed by atoms with Crippen molar-refractivity contribution < 1.29 is 13.9 Å². The first-order valence-corrected chi connectivity index (χ1v) is 8.89. The molecule has 0 unspecified atom stereocenters. The molecule has 0 amide bonds. The van der Waals surface area contributed by atoms with Gasteiger partial charge in [0.05, 0.1) is 12.3 Å². The Bertz CT molecular complexity index is 937. The van der Waals surface area contributed by atoms with Crippen LogP contribution in [0.1, 0.15) is 23.6 Å². The quantitative estimate of drug-likeness (QED) is 0.492. The van der Waals surface area contributed by atoms with Crippen LogP contribution < -0.4 is 9.47 Å². The van der Waals surface area contributed by atoms with E-state index in [0.29, 0.717) is 18.1 Å². The van der Waals surface area contributed by atoms with Gasteiger partial charge >= 0.3 is 0 Å². The summed E-state index contributed by atoms with van der Waals surface area (Å²) >= 11 is 0. The first-order valence-electron chi connectivity index (χ1n) is 8.89. The minimum atomic E-state index is -0.274. The van der Waals surface area contributed by atoms with Crippen LogP contribution in [0.4, 0.5) is 10.1 Å². The number of benzene rings is 3. The zero-order chi connectivity index (χ0) is 19.1. The van der Waals surface area contributed by atoms with E-state index < -0.39 is 0 Å². The highest BCUT2D eigenvalue weighted by molar-refractivity contribution is 5.83. The average Bonchev–Trinajstić information content (AvgIpc) is 2.67. The number of rotatable bonds is 7. The molecule has 0 saturated heterocycles. The number of para-hydroxylation sites is 1. The average molecular weight is 363 g/mol. The Morgan fingerprint density at radius 3 is 2.56 bits per heavy atom. The van der Waals surface area contributed by atoms with Crippen LogP contribution in [0.25, 0.3) is 0 Å². The van der Waals surface area contributed by atoms with E-state index in [2.05, 4.69) is 4.99 Å². The van der Waals surface area contributed by atoms with Crippen LogP contribution in [0.5, 0.6) is 11.5 Å². The van der Waals surface area contributed by atoms with Crippen molar-refractivity contribution in [2.75, 3.05) is 6.61 Å². The van der Waals surface area contributed by atoms with Gasteiger partial charge in [0.15, 0.2) is 11.5 Å². The molecule has 0 spiro atoms. The number of aryl methyl sites for hydroxylation is 1. The minimum absolute atomic E-state index is 0.272. The van der Waals surface area contributed by atoms with E-state index in [1.165, 1.54) is 12.1 Å². The molecule has 0 aliphatic carbocycles. The lowest BCUT2D eigenvalue weighted by atomic mass is 10.2. The van der Waals surface area contributed by atoms with Crippen LogP contribution in [0.15, 0.2) is 71.7 Å². The van der Waals surface area contributed by atoms with Crippen molar-refractivity contribution in [2.45, 2.75) is 20.5 Å². The van der Waals surface area contributed by atoms with Crippen LogP contribution >= 0.6 is 0 Å². The topological polar surface area (TPSA) is 30.8 Å². The Balaban J connectivity index is 1.77. The molecule has 0 aliphatic rings. The zero-order valence-corrected chi connectivity index (χ0v) is 15.5. The number of aliphatic imine (C=N–C) groups is 1. The normalized spacial score (nSPS) is 10.9. The molecule has 4 heteroatoms. The first kappa shape index (κ1) is 18.6. The zero-order valence-electron chi connectivity index (χ0n) is 15.5. The summed E-state index contributed by atoms with van der Waals surface area (Å²) < 4.78 is 24.8. The highest BCUT2D eigenvalue weighted by Crippen LogP contribution is 2.29. The molecule has 0 aliphatic heterocycles. The number of ether oxygens (including phenoxy) is 2. The molecule has 0 atom stereocenters. The van der Waals surface area contributed by atoms with Crippen LogP contribution in [-0.2, 0) is 6.61 Å². The van der Waals surface area contributed by atoms with E-state index in [1.807, 2.05) is 62.4 Å². The highest BCUT2D eigenvalue weighted by atomic mass is 19.1. The van der Waals surface area contributed by atoms with Crippen molar-refractivity contribution in [1.82, 2.24) is 0 Å². The van der Waals surface area contributed by atoms with Gasteiger partial charge in [0, 0.05) is 6.21 Å². The largest absolute Gasteiger partial charge is 0.490 e. The fourth-order valence-corrected chi connectivity index (χ4v) is 2.63. The molecule has 27 heavy (non-hydrogen) atoms. The number of hydrogen-bond acceptors (Lipinski definition) is 3. The lowest BCUT2D eigenvalue weighted by Gasteiger charge is -2.12. The van der Waals surface area contributed by atoms with E-state index in [9.17, 15) is 4.39 Å². The molecule has 3 aromatic rings. The summed E-state index contributed by atoms with van der Waals surface area (Å²) in [7, 11) is 0. The molecule has 0 saturated carbocycles. The van der Waals surface area contributed by atoms with Gasteiger partial charge in [-0.1, -0.05) is 30.3 Å². The third kappa shape index (κ3) is 5.17. The van der Waals surface area contributed by atoms with Gasteiger partial charge in [0.2, 0.25) is 0 Å². The molecule has 138 valence electrons. The first-order chi connectivity index (χ1) is 13.2. The predicted octanol–water partition coefficient (Wildman–Crippen LogP) is 5.86. The molecular formula is C23H22FNO2. The molecular weight excluding hydrogens is 341 g/mol.